The molecule has 1 aliphatic rings. The van der Waals surface area contributed by atoms with Crippen molar-refractivity contribution in [1.82, 2.24) is 0 Å². The maximum absolute atomic E-state index is 13.2. The zero-order valence-corrected chi connectivity index (χ0v) is 22.0. The van der Waals surface area contributed by atoms with Gasteiger partial charge in [0.05, 0.1) is 51.9 Å². The van der Waals surface area contributed by atoms with Crippen molar-refractivity contribution < 1.29 is 46.2 Å². The molecule has 1 aliphatic heterocycles. The van der Waals surface area contributed by atoms with Crippen LogP contribution in [0.3, 0.4) is 0 Å². The van der Waals surface area contributed by atoms with Gasteiger partial charge in [0.15, 0.2) is 6.10 Å². The summed E-state index contributed by atoms with van der Waals surface area (Å²) in [5.74, 6) is -0.425. The minimum atomic E-state index is -3.47. The second kappa shape index (κ2) is 14.5. The predicted molar refractivity (Wildman–Crippen MR) is 126 cm³/mol. The van der Waals surface area contributed by atoms with Gasteiger partial charge < -0.3 is 32.3 Å². The van der Waals surface area contributed by atoms with E-state index in [-0.39, 0.29) is 39.2 Å². The van der Waals surface area contributed by atoms with E-state index in [0.717, 1.165) is 5.56 Å². The molecule has 1 heterocycles. The molecule has 0 spiro atoms. The molecular weight excluding hydrogens is 486 g/mol. The topological polar surface area (TPSA) is 116 Å². The van der Waals surface area contributed by atoms with Gasteiger partial charge in [0, 0.05) is 13.6 Å². The van der Waals surface area contributed by atoms with Crippen molar-refractivity contribution in [3.05, 3.63) is 35.9 Å². The first kappa shape index (κ1) is 29.1. The van der Waals surface area contributed by atoms with Crippen LogP contribution < -0.4 is 0 Å². The molecule has 2 rings (SSSR count). The SMILES string of the molecule is CCOP(C)(=O)OCCOP(=O)(CC[C@H]1OC[C@@H](OC(C)=O)C1OCc1ccccc1)OCC. The Bertz CT molecular complexity index is 834. The van der Waals surface area contributed by atoms with Crippen LogP contribution in [0.4, 0.5) is 0 Å². The number of hydrogen-bond acceptors (Lipinski definition) is 10. The van der Waals surface area contributed by atoms with Gasteiger partial charge in [-0.15, -0.1) is 0 Å². The fourth-order valence-corrected chi connectivity index (χ4v) is 6.09. The molecule has 0 bridgehead atoms. The Morgan fingerprint density at radius 2 is 1.71 bits per heavy atom. The molecule has 0 saturated carbocycles. The quantitative estimate of drug-likeness (QED) is 0.176. The van der Waals surface area contributed by atoms with Gasteiger partial charge in [0.2, 0.25) is 0 Å². The lowest BCUT2D eigenvalue weighted by Gasteiger charge is -2.25. The number of hydrogen-bond donors (Lipinski definition) is 0. The number of ether oxygens (including phenoxy) is 3. The molecule has 34 heavy (non-hydrogen) atoms. The van der Waals surface area contributed by atoms with E-state index in [1.54, 1.807) is 13.8 Å². The Morgan fingerprint density at radius 1 is 1.03 bits per heavy atom. The number of carbonyl (C=O) groups excluding carboxylic acids is 1. The molecule has 0 aliphatic carbocycles. The molecule has 3 unspecified atom stereocenters. The normalized spacial score (nSPS) is 23.8. The van der Waals surface area contributed by atoms with Crippen LogP contribution in [-0.2, 0) is 52.8 Å². The largest absolute Gasteiger partial charge is 0.457 e. The first-order chi connectivity index (χ1) is 16.2. The van der Waals surface area contributed by atoms with Crippen LogP contribution in [0.15, 0.2) is 30.3 Å². The Labute approximate surface area is 201 Å². The highest BCUT2D eigenvalue weighted by atomic mass is 31.2. The molecule has 1 aromatic carbocycles. The summed E-state index contributed by atoms with van der Waals surface area (Å²) in [4.78, 5) is 11.5. The van der Waals surface area contributed by atoms with Gasteiger partial charge in [0.1, 0.15) is 6.10 Å². The molecule has 0 amide bonds. The van der Waals surface area contributed by atoms with Gasteiger partial charge in [-0.2, -0.15) is 0 Å². The molecule has 0 aromatic heterocycles. The minimum Gasteiger partial charge on any atom is -0.457 e. The highest BCUT2D eigenvalue weighted by Gasteiger charge is 2.41. The third-order valence-electron chi connectivity index (χ3n) is 4.88. The van der Waals surface area contributed by atoms with E-state index < -0.39 is 39.5 Å². The smallest absolute Gasteiger partial charge is 0.330 e. The van der Waals surface area contributed by atoms with Gasteiger partial charge in [-0.3, -0.25) is 13.9 Å². The minimum absolute atomic E-state index is 0.0535. The standard InChI is InChI=1S/C22H36O10P2/c1-5-28-33(4,24)30-13-14-31-34(25,29-6-2)15-12-20-22(21(17-26-20)32-18(3)23)27-16-19-10-8-7-9-11-19/h7-11,20-22H,5-6,12-17H2,1-4H3/t20-,21-,22?,33?,34?/m1/s1. The number of benzene rings is 1. The second-order valence-corrected chi connectivity index (χ2v) is 11.9. The Kier molecular flexibility index (Phi) is 12.4. The second-order valence-electron chi connectivity index (χ2n) is 7.68. The molecule has 0 N–H and O–H groups in total. The lowest BCUT2D eigenvalue weighted by Crippen LogP contribution is -2.36. The van der Waals surface area contributed by atoms with Crippen LogP contribution in [0.25, 0.3) is 0 Å². The van der Waals surface area contributed by atoms with Crippen molar-refractivity contribution >= 4 is 21.2 Å². The zero-order chi connectivity index (χ0) is 25.0. The first-order valence-corrected chi connectivity index (χ1v) is 15.1. The lowest BCUT2D eigenvalue weighted by molar-refractivity contribution is -0.152. The molecule has 1 aromatic rings. The molecule has 0 radical (unpaired) electrons. The highest BCUT2D eigenvalue weighted by molar-refractivity contribution is 7.53. The van der Waals surface area contributed by atoms with Gasteiger partial charge in [-0.05, 0) is 25.8 Å². The third-order valence-corrected chi connectivity index (χ3v) is 8.30. The average molecular weight is 522 g/mol. The van der Waals surface area contributed by atoms with Gasteiger partial charge >= 0.3 is 21.2 Å². The van der Waals surface area contributed by atoms with E-state index in [1.807, 2.05) is 30.3 Å². The van der Waals surface area contributed by atoms with Crippen LogP contribution in [0.2, 0.25) is 0 Å². The molecule has 1 fully saturated rings. The summed E-state index contributed by atoms with van der Waals surface area (Å²) in [6, 6.07) is 9.61. The van der Waals surface area contributed by atoms with Crippen molar-refractivity contribution in [2.45, 2.75) is 52.1 Å². The maximum Gasteiger partial charge on any atom is 0.330 e. The molecule has 1 saturated heterocycles. The zero-order valence-electron chi connectivity index (χ0n) is 20.3. The van der Waals surface area contributed by atoms with Crippen LogP contribution >= 0.6 is 15.2 Å². The monoisotopic (exact) mass is 522 g/mol. The van der Waals surface area contributed by atoms with E-state index in [1.165, 1.54) is 13.6 Å². The van der Waals surface area contributed by atoms with Crippen molar-refractivity contribution in [2.24, 2.45) is 0 Å². The maximum atomic E-state index is 13.2. The molecule has 10 nitrogen and oxygen atoms in total. The van der Waals surface area contributed by atoms with E-state index in [0.29, 0.717) is 13.0 Å². The summed E-state index contributed by atoms with van der Waals surface area (Å²) in [7, 11) is -6.64. The first-order valence-electron chi connectivity index (χ1n) is 11.4. The van der Waals surface area contributed by atoms with Gasteiger partial charge in [0.25, 0.3) is 0 Å². The van der Waals surface area contributed by atoms with Crippen molar-refractivity contribution in [2.75, 3.05) is 45.9 Å². The van der Waals surface area contributed by atoms with Gasteiger partial charge in [-0.1, -0.05) is 30.3 Å². The van der Waals surface area contributed by atoms with E-state index >= 15 is 0 Å². The number of rotatable bonds is 16. The van der Waals surface area contributed by atoms with Crippen LogP contribution in [0.1, 0.15) is 32.8 Å². The fourth-order valence-electron chi connectivity index (χ4n) is 3.49. The summed E-state index contributed by atoms with van der Waals surface area (Å²) < 4.78 is 63.6. The van der Waals surface area contributed by atoms with Gasteiger partial charge in [-0.25, -0.2) is 0 Å². The Balaban J connectivity index is 1.94. The number of esters is 1. The lowest BCUT2D eigenvalue weighted by atomic mass is 10.1. The van der Waals surface area contributed by atoms with Crippen LogP contribution in [0, 0.1) is 0 Å². The predicted octanol–water partition coefficient (Wildman–Crippen LogP) is 4.41. The van der Waals surface area contributed by atoms with Crippen LogP contribution in [-0.4, -0.2) is 70.1 Å². The average Bonchev–Trinajstić information content (AvgIpc) is 3.15. The highest BCUT2D eigenvalue weighted by Crippen LogP contribution is 2.50. The van der Waals surface area contributed by atoms with E-state index in [2.05, 4.69) is 0 Å². The molecule has 12 heteroatoms. The van der Waals surface area contributed by atoms with Crippen molar-refractivity contribution in [3.8, 4) is 0 Å². The van der Waals surface area contributed by atoms with Crippen LogP contribution in [0.5, 0.6) is 0 Å². The Hall–Kier alpha value is -1.09. The summed E-state index contributed by atoms with van der Waals surface area (Å²) in [5, 5.41) is 0. The van der Waals surface area contributed by atoms with E-state index in [4.69, 9.17) is 32.3 Å². The summed E-state index contributed by atoms with van der Waals surface area (Å²) in [6.45, 7) is 6.96. The van der Waals surface area contributed by atoms with Crippen molar-refractivity contribution in [3.63, 3.8) is 0 Å². The summed E-state index contributed by atoms with van der Waals surface area (Å²) in [5.41, 5.74) is 0.971. The third kappa shape index (κ3) is 10.3. The molecule has 5 atom stereocenters. The summed E-state index contributed by atoms with van der Waals surface area (Å²) in [6.07, 6.45) is -1.18. The molecule has 194 valence electrons. The van der Waals surface area contributed by atoms with E-state index in [9.17, 15) is 13.9 Å². The molecular formula is C22H36O10P2. The van der Waals surface area contributed by atoms with Crippen molar-refractivity contribution in [1.29, 1.82) is 0 Å². The number of carbonyl (C=O) groups is 1. The summed E-state index contributed by atoms with van der Waals surface area (Å²) >= 11 is 0. The fraction of sp³-hybridized carbons (Fsp3) is 0.682. The Morgan fingerprint density at radius 3 is 2.35 bits per heavy atom.